The summed E-state index contributed by atoms with van der Waals surface area (Å²) in [6.45, 7) is 5.47. The van der Waals surface area contributed by atoms with Gasteiger partial charge >= 0.3 is 11.5 Å². The van der Waals surface area contributed by atoms with Crippen LogP contribution in [0.3, 0.4) is 0 Å². The molecule has 5 N–H and O–H groups in total. The molecule has 4 heterocycles. The third-order valence-corrected chi connectivity index (χ3v) is 7.28. The molecule has 0 bridgehead atoms. The van der Waals surface area contributed by atoms with Crippen molar-refractivity contribution in [3.63, 3.8) is 0 Å². The van der Waals surface area contributed by atoms with Crippen molar-refractivity contribution in [2.24, 2.45) is 11.7 Å². The van der Waals surface area contributed by atoms with Gasteiger partial charge in [-0.1, -0.05) is 11.8 Å². The van der Waals surface area contributed by atoms with Gasteiger partial charge < -0.3 is 35.3 Å². The molecule has 0 saturated carbocycles. The molecule has 0 radical (unpaired) electrons. The minimum atomic E-state index is -4.39. The first-order valence-corrected chi connectivity index (χ1v) is 14.3. The van der Waals surface area contributed by atoms with E-state index in [0.29, 0.717) is 37.6 Å². The third-order valence-electron chi connectivity index (χ3n) is 6.44. The topological polar surface area (TPSA) is 133 Å². The van der Waals surface area contributed by atoms with E-state index >= 15 is 0 Å². The minimum absolute atomic E-state index is 0.00394. The molecule has 4 rings (SSSR count). The summed E-state index contributed by atoms with van der Waals surface area (Å²) < 4.78 is 51.8. The van der Waals surface area contributed by atoms with E-state index in [9.17, 15) is 18.0 Å². The van der Waals surface area contributed by atoms with Gasteiger partial charge in [0.05, 0.1) is 61.4 Å². The molecule has 230 valence electrons. The molecular weight excluding hydrogens is 573 g/mol. The zero-order valence-corrected chi connectivity index (χ0v) is 24.3. The molecule has 0 spiro atoms. The number of alkyl halides is 3. The first kappa shape index (κ1) is 33.3. The number of aromatic carboxylic acids is 1. The number of hydrogen-bond acceptors (Lipinski definition) is 8. The average Bonchev–Trinajstić information content (AvgIpc) is 3.55. The number of nitrogen functional groups attached to an aromatic ring is 1. The maximum atomic E-state index is 12.6. The van der Waals surface area contributed by atoms with Crippen LogP contribution in [0.4, 0.5) is 18.9 Å². The smallest absolute Gasteiger partial charge is 0.447 e. The number of aromatic nitrogens is 3. The number of hydrogen-bond donors (Lipinski definition) is 3. The Kier molecular flexibility index (Phi) is 13.0. The highest BCUT2D eigenvalue weighted by atomic mass is 32.2. The Morgan fingerprint density at radius 2 is 2.02 bits per heavy atom. The summed E-state index contributed by atoms with van der Waals surface area (Å²) in [7, 11) is 2.18. The number of piperidine rings is 1. The van der Waals surface area contributed by atoms with Crippen LogP contribution in [0.25, 0.3) is 5.52 Å². The van der Waals surface area contributed by atoms with Crippen molar-refractivity contribution in [3.8, 4) is 11.8 Å². The predicted octanol–water partition coefficient (Wildman–Crippen LogP) is 3.79. The molecule has 0 aromatic carbocycles. The molecule has 0 amide bonds. The predicted molar refractivity (Wildman–Crippen MR) is 155 cm³/mol. The van der Waals surface area contributed by atoms with Gasteiger partial charge in [0, 0.05) is 37.3 Å². The molecule has 3 aromatic heterocycles. The molecule has 1 aliphatic rings. The fourth-order valence-electron chi connectivity index (χ4n) is 4.48. The Bertz CT molecular complexity index is 1350. The number of nitrogens with zero attached hydrogens (tertiary/aromatic N) is 4. The Morgan fingerprint density at radius 3 is 2.69 bits per heavy atom. The van der Waals surface area contributed by atoms with Gasteiger partial charge in [-0.2, -0.15) is 18.3 Å². The highest BCUT2D eigenvalue weighted by Gasteiger charge is 2.32. The molecule has 1 aliphatic heterocycles. The average molecular weight is 611 g/mol. The standard InChI is InChI=1S/C16H27N3O4.C12H10F3N3S/c1-18-5-2-3-14(12-18)4-7-22-9-10-23-8-6-19-13-15(11-17-19)16(20)21;13-12(14,15)19-11-8(3-1-5-16)7-10-9(17)4-2-6-18(10)11/h11,13-14H,2-10,12H2,1H3,(H,20,21);2,4,6-7H,5,16-17H2. The van der Waals surface area contributed by atoms with Crippen LogP contribution in [0.1, 0.15) is 35.2 Å². The van der Waals surface area contributed by atoms with Crippen molar-refractivity contribution in [1.29, 1.82) is 0 Å². The van der Waals surface area contributed by atoms with Crippen LogP contribution in [0.2, 0.25) is 0 Å². The summed E-state index contributed by atoms with van der Waals surface area (Å²) in [5.41, 5.74) is 7.96. The van der Waals surface area contributed by atoms with Crippen LogP contribution in [0.15, 0.2) is 41.8 Å². The van der Waals surface area contributed by atoms with Crippen molar-refractivity contribution in [2.75, 3.05) is 58.8 Å². The SMILES string of the molecule is CN1CCCC(CCOCCOCCn2cc(C(=O)O)cn2)C1.NCC#Cc1cc2c(N)cccn2c1SC(F)(F)F. The molecule has 14 heteroatoms. The lowest BCUT2D eigenvalue weighted by atomic mass is 9.96. The van der Waals surface area contributed by atoms with Gasteiger partial charge in [-0.05, 0) is 57.0 Å². The summed E-state index contributed by atoms with van der Waals surface area (Å²) in [5, 5.41) is 12.8. The highest BCUT2D eigenvalue weighted by molar-refractivity contribution is 8.00. The Hall–Kier alpha value is -3.22. The number of halogens is 3. The van der Waals surface area contributed by atoms with E-state index in [4.69, 9.17) is 26.0 Å². The van der Waals surface area contributed by atoms with E-state index in [2.05, 4.69) is 28.9 Å². The van der Waals surface area contributed by atoms with Gasteiger partial charge in [0.1, 0.15) is 5.03 Å². The van der Waals surface area contributed by atoms with E-state index in [0.717, 1.165) is 18.9 Å². The second-order valence-corrected chi connectivity index (χ2v) is 10.8. The molecule has 3 aromatic rings. The number of fused-ring (bicyclic) bond motifs is 1. The zero-order chi connectivity index (χ0) is 30.5. The molecule has 1 fully saturated rings. The maximum Gasteiger partial charge on any atom is 0.447 e. The number of anilines is 1. The fourth-order valence-corrected chi connectivity index (χ4v) is 5.18. The van der Waals surface area contributed by atoms with Gasteiger partial charge in [-0.25, -0.2) is 4.79 Å². The molecule has 1 atom stereocenters. The largest absolute Gasteiger partial charge is 0.478 e. The first-order chi connectivity index (χ1) is 20.1. The highest BCUT2D eigenvalue weighted by Crippen LogP contribution is 2.40. The second kappa shape index (κ2) is 16.4. The van der Waals surface area contributed by atoms with E-state index < -0.39 is 11.5 Å². The van der Waals surface area contributed by atoms with Crippen molar-refractivity contribution < 1.29 is 32.5 Å². The van der Waals surface area contributed by atoms with Crippen LogP contribution in [0, 0.1) is 17.8 Å². The summed E-state index contributed by atoms with van der Waals surface area (Å²) in [6, 6.07) is 4.74. The lowest BCUT2D eigenvalue weighted by molar-refractivity contribution is -0.0330. The summed E-state index contributed by atoms with van der Waals surface area (Å²) in [5.74, 6) is 4.99. The summed E-state index contributed by atoms with van der Waals surface area (Å²) in [6.07, 6.45) is 8.09. The quantitative estimate of drug-likeness (QED) is 0.169. The van der Waals surface area contributed by atoms with Crippen molar-refractivity contribution >= 4 is 28.9 Å². The van der Waals surface area contributed by atoms with Gasteiger partial charge in [-0.15, -0.1) is 0 Å². The Balaban J connectivity index is 0.000000235. The van der Waals surface area contributed by atoms with Gasteiger partial charge in [0.2, 0.25) is 0 Å². The van der Waals surface area contributed by atoms with Gasteiger partial charge in [0.15, 0.2) is 0 Å². The van der Waals surface area contributed by atoms with E-state index in [1.807, 2.05) is 0 Å². The number of thioether (sulfide) groups is 1. The van der Waals surface area contributed by atoms with Crippen LogP contribution in [0.5, 0.6) is 0 Å². The number of ether oxygens (including phenoxy) is 2. The molecule has 42 heavy (non-hydrogen) atoms. The van der Waals surface area contributed by atoms with Crippen molar-refractivity contribution in [2.45, 2.75) is 36.3 Å². The van der Waals surface area contributed by atoms with Crippen LogP contribution in [-0.2, 0) is 16.0 Å². The molecule has 1 unspecified atom stereocenters. The lowest BCUT2D eigenvalue weighted by Gasteiger charge is -2.29. The third kappa shape index (κ3) is 10.9. The number of nitrogens with two attached hydrogens (primary N) is 2. The van der Waals surface area contributed by atoms with Gasteiger partial charge in [0.25, 0.3) is 0 Å². The van der Waals surface area contributed by atoms with E-state index in [1.54, 1.807) is 16.8 Å². The van der Waals surface area contributed by atoms with Crippen molar-refractivity contribution in [3.05, 3.63) is 47.9 Å². The summed E-state index contributed by atoms with van der Waals surface area (Å²) >= 11 is -0.213. The minimum Gasteiger partial charge on any atom is -0.478 e. The molecule has 1 saturated heterocycles. The number of rotatable bonds is 11. The van der Waals surface area contributed by atoms with Crippen LogP contribution in [-0.4, -0.2) is 88.8 Å². The number of carboxylic acids is 1. The van der Waals surface area contributed by atoms with Crippen LogP contribution < -0.4 is 11.5 Å². The van der Waals surface area contributed by atoms with Gasteiger partial charge in [-0.3, -0.25) is 4.68 Å². The normalized spacial score (nSPS) is 15.6. The number of carboxylic acid groups (broad SMARTS) is 1. The summed E-state index contributed by atoms with van der Waals surface area (Å²) in [4.78, 5) is 13.1. The van der Waals surface area contributed by atoms with Crippen molar-refractivity contribution in [1.82, 2.24) is 19.1 Å². The first-order valence-electron chi connectivity index (χ1n) is 13.5. The van der Waals surface area contributed by atoms with Crippen LogP contribution >= 0.6 is 11.8 Å². The molecular formula is C28H37F3N6O4S. The second-order valence-electron chi connectivity index (χ2n) is 9.72. The molecule has 10 nitrogen and oxygen atoms in total. The number of pyridine rings is 1. The number of likely N-dealkylation sites (tertiary alicyclic amines) is 1. The van der Waals surface area contributed by atoms with E-state index in [-0.39, 0.29) is 34.5 Å². The molecule has 0 aliphatic carbocycles. The Labute approximate surface area is 247 Å². The van der Waals surface area contributed by atoms with E-state index in [1.165, 1.54) is 55.0 Å². The Morgan fingerprint density at radius 1 is 1.26 bits per heavy atom. The maximum absolute atomic E-state index is 12.6. The monoisotopic (exact) mass is 610 g/mol. The number of carbonyl (C=O) groups is 1. The fraction of sp³-hybridized carbons (Fsp3) is 0.500. The lowest BCUT2D eigenvalue weighted by Crippen LogP contribution is -2.32. The zero-order valence-electron chi connectivity index (χ0n) is 23.5.